The molecule has 0 amide bonds. The summed E-state index contributed by atoms with van der Waals surface area (Å²) in [5.74, 6) is 0. The standard InChI is InChI=1S/C11H14N/c1-2-12-9-5-7-10-6-3-4-8-11(10)12/h3-4,6-8H,2,5,9H2,1H3/q+1. The first-order valence-corrected chi connectivity index (χ1v) is 4.59. The van der Waals surface area contributed by atoms with E-state index in [4.69, 9.17) is 0 Å². The number of fused-ring (bicyclic) bond motifs is 1. The van der Waals surface area contributed by atoms with Crippen molar-refractivity contribution in [2.45, 2.75) is 13.3 Å². The van der Waals surface area contributed by atoms with Crippen molar-refractivity contribution in [3.8, 4) is 0 Å². The van der Waals surface area contributed by atoms with Crippen LogP contribution in [-0.2, 0) is 0 Å². The van der Waals surface area contributed by atoms with Crippen molar-refractivity contribution in [3.05, 3.63) is 34.8 Å². The highest BCUT2D eigenvalue weighted by Gasteiger charge is 2.06. The van der Waals surface area contributed by atoms with Gasteiger partial charge in [-0.1, -0.05) is 18.2 Å². The highest BCUT2D eigenvalue weighted by molar-refractivity contribution is 5.25. The molecule has 2 rings (SSSR count). The highest BCUT2D eigenvalue weighted by atomic mass is 15.0. The maximum atomic E-state index is 2.43. The second-order valence-electron chi connectivity index (χ2n) is 3.13. The molecule has 0 bridgehead atoms. The molecule has 62 valence electrons. The summed E-state index contributed by atoms with van der Waals surface area (Å²) < 4.78 is 2.43. The molecule has 1 aromatic carbocycles. The molecule has 1 aromatic rings. The van der Waals surface area contributed by atoms with Gasteiger partial charge in [-0.05, 0) is 13.0 Å². The number of nitrogens with zero attached hydrogens (tertiary/aromatic N) is 1. The number of hydrogen-bond donors (Lipinski definition) is 0. The van der Waals surface area contributed by atoms with Gasteiger partial charge < -0.3 is 0 Å². The van der Waals surface area contributed by atoms with Crippen LogP contribution in [0.1, 0.15) is 13.3 Å². The van der Waals surface area contributed by atoms with E-state index in [9.17, 15) is 0 Å². The smallest absolute Gasteiger partial charge is 0.206 e. The largest absolute Gasteiger partial charge is 0.229 e. The third kappa shape index (κ3) is 1.15. The quantitative estimate of drug-likeness (QED) is 0.523. The van der Waals surface area contributed by atoms with Gasteiger partial charge in [0, 0.05) is 17.7 Å². The third-order valence-corrected chi connectivity index (χ3v) is 2.42. The maximum absolute atomic E-state index is 2.43. The molecule has 12 heavy (non-hydrogen) atoms. The number of hydrogen-bond acceptors (Lipinski definition) is 0. The molecule has 0 saturated heterocycles. The molecule has 1 heteroatoms. The molecule has 1 aliphatic rings. The van der Waals surface area contributed by atoms with Crippen molar-refractivity contribution < 1.29 is 0 Å². The van der Waals surface area contributed by atoms with Gasteiger partial charge in [0.1, 0.15) is 13.1 Å². The lowest BCUT2D eigenvalue weighted by Gasteiger charge is -2.03. The van der Waals surface area contributed by atoms with Crippen molar-refractivity contribution >= 4 is 6.08 Å². The zero-order chi connectivity index (χ0) is 8.39. The lowest BCUT2D eigenvalue weighted by molar-refractivity contribution is 0.596. The molecule has 1 nitrogen and oxygen atoms in total. The van der Waals surface area contributed by atoms with Gasteiger partial charge in [0.05, 0.1) is 0 Å². The Hall–Kier alpha value is -1.11. The van der Waals surface area contributed by atoms with Crippen LogP contribution >= 0.6 is 0 Å². The minimum atomic E-state index is 1.12. The van der Waals surface area contributed by atoms with Gasteiger partial charge in [0.25, 0.3) is 0 Å². The fourth-order valence-corrected chi connectivity index (χ4v) is 1.77. The van der Waals surface area contributed by atoms with E-state index in [2.05, 4.69) is 41.8 Å². The summed E-state index contributed by atoms with van der Waals surface area (Å²) in [6, 6.07) is 8.61. The lowest BCUT2D eigenvalue weighted by atomic mass is 10.2. The molecule has 0 aliphatic carbocycles. The van der Waals surface area contributed by atoms with Crippen LogP contribution in [0.2, 0.25) is 0 Å². The summed E-state index contributed by atoms with van der Waals surface area (Å²) in [6.45, 7) is 4.50. The molecule has 1 aliphatic heterocycles. The zero-order valence-corrected chi connectivity index (χ0v) is 7.46. The van der Waals surface area contributed by atoms with Crippen LogP contribution < -0.4 is 15.2 Å². The second kappa shape index (κ2) is 3.10. The normalized spacial score (nSPS) is 15.2. The van der Waals surface area contributed by atoms with Gasteiger partial charge in [0.2, 0.25) is 5.36 Å². The maximum Gasteiger partial charge on any atom is 0.206 e. The second-order valence-corrected chi connectivity index (χ2v) is 3.13. The Balaban J connectivity index is 2.78. The summed E-state index contributed by atoms with van der Waals surface area (Å²) >= 11 is 0. The zero-order valence-electron chi connectivity index (χ0n) is 7.46. The summed E-state index contributed by atoms with van der Waals surface area (Å²) in [6.07, 6.45) is 3.51. The molecular weight excluding hydrogens is 146 g/mol. The fourth-order valence-electron chi connectivity index (χ4n) is 1.77. The van der Waals surface area contributed by atoms with Crippen LogP contribution in [0.25, 0.3) is 6.08 Å². The Morgan fingerprint density at radius 1 is 1.33 bits per heavy atom. The predicted molar refractivity (Wildman–Crippen MR) is 51.4 cm³/mol. The molecule has 0 radical (unpaired) electrons. The predicted octanol–water partition coefficient (Wildman–Crippen LogP) is 0.382. The highest BCUT2D eigenvalue weighted by Crippen LogP contribution is 1.85. The topological polar surface area (TPSA) is 3.01 Å². The van der Waals surface area contributed by atoms with E-state index in [1.807, 2.05) is 0 Å². The van der Waals surface area contributed by atoms with Gasteiger partial charge in [-0.3, -0.25) is 0 Å². The molecule has 0 saturated carbocycles. The van der Waals surface area contributed by atoms with E-state index in [1.54, 1.807) is 0 Å². The molecule has 0 fully saturated rings. The van der Waals surface area contributed by atoms with Crippen LogP contribution in [0.3, 0.4) is 0 Å². The Kier molecular flexibility index (Phi) is 1.94. The molecule has 0 N–H and O–H groups in total. The Morgan fingerprint density at radius 3 is 3.00 bits per heavy atom. The first-order chi connectivity index (χ1) is 5.92. The summed E-state index contributed by atoms with van der Waals surface area (Å²) in [5.41, 5.74) is 0. The first kappa shape index (κ1) is 7.53. The Labute approximate surface area is 72.7 Å². The SMILES string of the molecule is CC[N+]1=c2ccccc2=CCC1. The van der Waals surface area contributed by atoms with Crippen molar-refractivity contribution in [2.75, 3.05) is 13.1 Å². The van der Waals surface area contributed by atoms with Crippen LogP contribution in [-0.4, -0.2) is 13.1 Å². The minimum Gasteiger partial charge on any atom is -0.229 e. The molecule has 0 unspecified atom stereocenters. The third-order valence-electron chi connectivity index (χ3n) is 2.42. The summed E-state index contributed by atoms with van der Waals surface area (Å²) in [5, 5.41) is 2.79. The van der Waals surface area contributed by atoms with Gasteiger partial charge in [0.15, 0.2) is 0 Å². The van der Waals surface area contributed by atoms with Crippen LogP contribution in [0.15, 0.2) is 24.3 Å². The summed E-state index contributed by atoms with van der Waals surface area (Å²) in [7, 11) is 0. The van der Waals surface area contributed by atoms with E-state index >= 15 is 0 Å². The van der Waals surface area contributed by atoms with E-state index < -0.39 is 0 Å². The molecule has 0 aromatic heterocycles. The van der Waals surface area contributed by atoms with E-state index in [-0.39, 0.29) is 0 Å². The van der Waals surface area contributed by atoms with Crippen LogP contribution in [0, 0.1) is 0 Å². The number of rotatable bonds is 1. The summed E-state index contributed by atoms with van der Waals surface area (Å²) in [4.78, 5) is 0. The van der Waals surface area contributed by atoms with Crippen molar-refractivity contribution in [1.29, 1.82) is 0 Å². The molecule has 1 heterocycles. The Bertz CT molecular complexity index is 390. The van der Waals surface area contributed by atoms with E-state index in [1.165, 1.54) is 23.5 Å². The van der Waals surface area contributed by atoms with Gasteiger partial charge in [-0.2, -0.15) is 0 Å². The van der Waals surface area contributed by atoms with Gasteiger partial charge in [-0.15, -0.1) is 0 Å². The fraction of sp³-hybridized carbons (Fsp3) is 0.364. The first-order valence-electron chi connectivity index (χ1n) is 4.59. The van der Waals surface area contributed by atoms with Crippen molar-refractivity contribution in [3.63, 3.8) is 0 Å². The van der Waals surface area contributed by atoms with Crippen molar-refractivity contribution in [2.24, 2.45) is 0 Å². The number of para-hydroxylation sites is 1. The Morgan fingerprint density at radius 2 is 2.17 bits per heavy atom. The number of benzene rings is 1. The average Bonchev–Trinajstić information content (AvgIpc) is 2.17. The average molecular weight is 160 g/mol. The van der Waals surface area contributed by atoms with E-state index in [0.717, 1.165) is 6.54 Å². The molecule has 0 spiro atoms. The van der Waals surface area contributed by atoms with Gasteiger partial charge in [-0.25, -0.2) is 4.58 Å². The van der Waals surface area contributed by atoms with Crippen molar-refractivity contribution in [1.82, 2.24) is 4.58 Å². The lowest BCUT2D eigenvalue weighted by Crippen LogP contribution is -2.43. The van der Waals surface area contributed by atoms with Crippen LogP contribution in [0.4, 0.5) is 0 Å². The molecular formula is C11H14N+. The van der Waals surface area contributed by atoms with Gasteiger partial charge >= 0.3 is 0 Å². The van der Waals surface area contributed by atoms with Crippen LogP contribution in [0.5, 0.6) is 0 Å². The monoisotopic (exact) mass is 160 g/mol. The molecule has 0 atom stereocenters. The van der Waals surface area contributed by atoms with E-state index in [0.29, 0.717) is 0 Å². The minimum absolute atomic E-state index is 1.12.